The maximum absolute atomic E-state index is 9.48. The third-order valence-corrected chi connectivity index (χ3v) is 1.30. The first-order valence-corrected chi connectivity index (χ1v) is 4.30. The Morgan fingerprint density at radius 2 is 2.08 bits per heavy atom. The molecule has 1 saturated heterocycles. The SMILES string of the molecule is C1COCCN1.CC/C=C/C=O. The number of hydrogen-bond donors (Lipinski definition) is 1. The number of allylic oxidation sites excluding steroid dienone is 2. The van der Waals surface area contributed by atoms with Crippen molar-refractivity contribution in [1.82, 2.24) is 5.32 Å². The lowest BCUT2D eigenvalue weighted by Crippen LogP contribution is -2.30. The van der Waals surface area contributed by atoms with Crippen molar-refractivity contribution < 1.29 is 9.53 Å². The molecular weight excluding hydrogens is 154 g/mol. The number of aldehydes is 1. The molecule has 0 aromatic heterocycles. The second-order valence-electron chi connectivity index (χ2n) is 2.33. The van der Waals surface area contributed by atoms with Crippen LogP contribution in [0.3, 0.4) is 0 Å². The molecule has 0 aromatic rings. The fourth-order valence-electron chi connectivity index (χ4n) is 0.707. The van der Waals surface area contributed by atoms with Gasteiger partial charge in [-0.25, -0.2) is 0 Å². The van der Waals surface area contributed by atoms with Crippen molar-refractivity contribution in [3.8, 4) is 0 Å². The molecule has 0 atom stereocenters. The highest BCUT2D eigenvalue weighted by Gasteiger charge is 1.92. The molecule has 0 bridgehead atoms. The Hall–Kier alpha value is -0.670. The van der Waals surface area contributed by atoms with Crippen LogP contribution in [0.5, 0.6) is 0 Å². The molecule has 1 aliphatic rings. The fourth-order valence-corrected chi connectivity index (χ4v) is 0.707. The predicted molar refractivity (Wildman–Crippen MR) is 49.2 cm³/mol. The first-order valence-electron chi connectivity index (χ1n) is 4.30. The van der Waals surface area contributed by atoms with Crippen LogP contribution in [0.2, 0.25) is 0 Å². The van der Waals surface area contributed by atoms with Gasteiger partial charge in [0, 0.05) is 13.1 Å². The van der Waals surface area contributed by atoms with Crippen LogP contribution >= 0.6 is 0 Å². The van der Waals surface area contributed by atoms with Crippen LogP contribution in [0.15, 0.2) is 12.2 Å². The summed E-state index contributed by atoms with van der Waals surface area (Å²) in [7, 11) is 0. The van der Waals surface area contributed by atoms with Crippen molar-refractivity contribution in [2.24, 2.45) is 0 Å². The number of hydrogen-bond acceptors (Lipinski definition) is 3. The van der Waals surface area contributed by atoms with E-state index in [0.717, 1.165) is 39.0 Å². The van der Waals surface area contributed by atoms with Gasteiger partial charge in [-0.3, -0.25) is 4.79 Å². The van der Waals surface area contributed by atoms with E-state index in [2.05, 4.69) is 5.32 Å². The molecule has 1 fully saturated rings. The van der Waals surface area contributed by atoms with Crippen LogP contribution < -0.4 is 5.32 Å². The van der Waals surface area contributed by atoms with Gasteiger partial charge in [-0.05, 0) is 12.5 Å². The topological polar surface area (TPSA) is 38.3 Å². The van der Waals surface area contributed by atoms with Crippen LogP contribution in [0.4, 0.5) is 0 Å². The van der Waals surface area contributed by atoms with Crippen molar-refractivity contribution in [3.05, 3.63) is 12.2 Å². The minimum atomic E-state index is 0.781. The van der Waals surface area contributed by atoms with E-state index in [-0.39, 0.29) is 0 Å². The molecule has 0 aliphatic carbocycles. The summed E-state index contributed by atoms with van der Waals surface area (Å²) in [5.41, 5.74) is 0. The second kappa shape index (κ2) is 10.3. The molecule has 0 radical (unpaired) electrons. The summed E-state index contributed by atoms with van der Waals surface area (Å²) in [5.74, 6) is 0. The van der Waals surface area contributed by atoms with Gasteiger partial charge in [0.1, 0.15) is 6.29 Å². The normalized spacial score (nSPS) is 16.8. The zero-order valence-electron chi connectivity index (χ0n) is 7.58. The zero-order valence-corrected chi connectivity index (χ0v) is 7.58. The smallest absolute Gasteiger partial charge is 0.142 e. The lowest BCUT2D eigenvalue weighted by Gasteiger charge is -2.10. The van der Waals surface area contributed by atoms with Crippen LogP contribution in [-0.4, -0.2) is 32.6 Å². The Kier molecular flexibility index (Phi) is 9.75. The molecule has 3 heteroatoms. The minimum absolute atomic E-state index is 0.781. The van der Waals surface area contributed by atoms with Crippen molar-refractivity contribution in [2.45, 2.75) is 13.3 Å². The van der Waals surface area contributed by atoms with Gasteiger partial charge >= 0.3 is 0 Å². The molecule has 70 valence electrons. The van der Waals surface area contributed by atoms with E-state index < -0.39 is 0 Å². The highest BCUT2D eigenvalue weighted by atomic mass is 16.5. The van der Waals surface area contributed by atoms with E-state index in [4.69, 9.17) is 4.74 Å². The van der Waals surface area contributed by atoms with E-state index in [1.54, 1.807) is 0 Å². The number of carbonyl (C=O) groups is 1. The minimum Gasteiger partial charge on any atom is -0.379 e. The molecule has 0 amide bonds. The molecule has 0 saturated carbocycles. The van der Waals surface area contributed by atoms with Gasteiger partial charge in [-0.15, -0.1) is 0 Å². The average molecular weight is 171 g/mol. The summed E-state index contributed by atoms with van der Waals surface area (Å²) in [6.07, 6.45) is 5.04. The molecule has 0 aromatic carbocycles. The summed E-state index contributed by atoms with van der Waals surface area (Å²) in [6, 6.07) is 0. The van der Waals surface area contributed by atoms with E-state index in [0.29, 0.717) is 0 Å². The number of ether oxygens (including phenoxy) is 1. The van der Waals surface area contributed by atoms with E-state index in [1.807, 2.05) is 13.0 Å². The quantitative estimate of drug-likeness (QED) is 0.492. The molecule has 12 heavy (non-hydrogen) atoms. The molecule has 1 rings (SSSR count). The van der Waals surface area contributed by atoms with Crippen LogP contribution in [-0.2, 0) is 9.53 Å². The van der Waals surface area contributed by atoms with Gasteiger partial charge in [0.2, 0.25) is 0 Å². The largest absolute Gasteiger partial charge is 0.379 e. The fraction of sp³-hybridized carbons (Fsp3) is 0.667. The van der Waals surface area contributed by atoms with E-state index in [9.17, 15) is 4.79 Å². The molecule has 0 unspecified atom stereocenters. The van der Waals surface area contributed by atoms with E-state index >= 15 is 0 Å². The first kappa shape index (κ1) is 11.3. The lowest BCUT2D eigenvalue weighted by atomic mass is 10.4. The van der Waals surface area contributed by atoms with E-state index in [1.165, 1.54) is 6.08 Å². The number of carbonyl (C=O) groups excluding carboxylic acids is 1. The zero-order chi connectivity index (χ0) is 9.07. The van der Waals surface area contributed by atoms with Crippen LogP contribution in [0.25, 0.3) is 0 Å². The highest BCUT2D eigenvalue weighted by molar-refractivity contribution is 5.64. The summed E-state index contributed by atoms with van der Waals surface area (Å²) < 4.78 is 5.01. The molecule has 1 aliphatic heterocycles. The Bertz CT molecular complexity index is 108. The summed E-state index contributed by atoms with van der Waals surface area (Å²) in [4.78, 5) is 9.48. The Morgan fingerprint density at radius 1 is 1.42 bits per heavy atom. The Balaban J connectivity index is 0.000000202. The van der Waals surface area contributed by atoms with Gasteiger partial charge in [0.05, 0.1) is 13.2 Å². The Labute approximate surface area is 73.8 Å². The Morgan fingerprint density at radius 3 is 2.25 bits per heavy atom. The monoisotopic (exact) mass is 171 g/mol. The van der Waals surface area contributed by atoms with Gasteiger partial charge in [-0.1, -0.05) is 13.0 Å². The third kappa shape index (κ3) is 9.33. The first-order chi connectivity index (χ1) is 5.91. The maximum Gasteiger partial charge on any atom is 0.142 e. The third-order valence-electron chi connectivity index (χ3n) is 1.30. The number of nitrogens with one attached hydrogen (secondary N) is 1. The molecule has 1 heterocycles. The molecule has 3 nitrogen and oxygen atoms in total. The lowest BCUT2D eigenvalue weighted by molar-refractivity contribution is -0.104. The van der Waals surface area contributed by atoms with Crippen molar-refractivity contribution in [3.63, 3.8) is 0 Å². The van der Waals surface area contributed by atoms with Crippen LogP contribution in [0, 0.1) is 0 Å². The second-order valence-corrected chi connectivity index (χ2v) is 2.33. The standard InChI is InChI=1S/C5H8O.C4H9NO/c1-2-3-4-5-6;1-3-6-4-2-5-1/h3-5H,2H2,1H3;5H,1-4H2/b4-3+;. The molecular formula is C9H17NO2. The van der Waals surface area contributed by atoms with Gasteiger partial charge in [0.25, 0.3) is 0 Å². The van der Waals surface area contributed by atoms with Crippen LogP contribution in [0.1, 0.15) is 13.3 Å². The molecule has 0 spiro atoms. The predicted octanol–water partition coefficient (Wildman–Crippen LogP) is 0.758. The number of rotatable bonds is 2. The number of morpholine rings is 1. The van der Waals surface area contributed by atoms with Crippen molar-refractivity contribution in [1.29, 1.82) is 0 Å². The molecule has 1 N–H and O–H groups in total. The average Bonchev–Trinajstić information content (AvgIpc) is 2.18. The van der Waals surface area contributed by atoms with Gasteiger partial charge < -0.3 is 10.1 Å². The summed E-state index contributed by atoms with van der Waals surface area (Å²) >= 11 is 0. The van der Waals surface area contributed by atoms with Gasteiger partial charge in [-0.2, -0.15) is 0 Å². The van der Waals surface area contributed by atoms with Crippen molar-refractivity contribution in [2.75, 3.05) is 26.3 Å². The van der Waals surface area contributed by atoms with Gasteiger partial charge in [0.15, 0.2) is 0 Å². The summed E-state index contributed by atoms with van der Waals surface area (Å²) in [5, 5.41) is 3.16. The summed E-state index contributed by atoms with van der Waals surface area (Å²) in [6.45, 7) is 5.82. The highest BCUT2D eigenvalue weighted by Crippen LogP contribution is 1.76. The van der Waals surface area contributed by atoms with Crippen molar-refractivity contribution >= 4 is 6.29 Å². The maximum atomic E-state index is 9.48.